The zero-order valence-corrected chi connectivity index (χ0v) is 9.30. The molecule has 1 heterocycles. The van der Waals surface area contributed by atoms with E-state index in [0.717, 1.165) is 10.9 Å². The Morgan fingerprint density at radius 2 is 2.07 bits per heavy atom. The van der Waals surface area contributed by atoms with Crippen molar-refractivity contribution in [2.75, 3.05) is 0 Å². The molecule has 0 saturated heterocycles. The molecule has 68 valence electrons. The lowest BCUT2D eigenvalue weighted by molar-refractivity contribution is 1.32. The minimum atomic E-state index is 0.380. The van der Waals surface area contributed by atoms with Crippen LogP contribution in [0, 0.1) is 11.3 Å². The third-order valence-corrected chi connectivity index (χ3v) is 2.86. The Morgan fingerprint density at radius 3 is 2.79 bits per heavy atom. The molecule has 0 atom stereocenters. The first-order valence-electron chi connectivity index (χ1n) is 3.88. The molecule has 0 spiro atoms. The zero-order chi connectivity index (χ0) is 10.1. The topological polar surface area (TPSA) is 36.7 Å². The summed E-state index contributed by atoms with van der Waals surface area (Å²) in [6.45, 7) is 0. The number of fused-ring (bicyclic) bond motifs is 1. The molecule has 0 unspecified atom stereocenters. The Bertz CT molecular complexity index is 546. The van der Waals surface area contributed by atoms with Gasteiger partial charge >= 0.3 is 0 Å². The van der Waals surface area contributed by atoms with Crippen LogP contribution in [-0.4, -0.2) is 4.98 Å². The summed E-state index contributed by atoms with van der Waals surface area (Å²) in [7, 11) is 0. The van der Waals surface area contributed by atoms with Crippen molar-refractivity contribution in [1.82, 2.24) is 4.98 Å². The molecule has 0 radical (unpaired) electrons. The van der Waals surface area contributed by atoms with Gasteiger partial charge in [-0.1, -0.05) is 29.8 Å². The van der Waals surface area contributed by atoms with E-state index >= 15 is 0 Å². The number of nitriles is 1. The fourth-order valence-corrected chi connectivity index (χ4v) is 2.12. The van der Waals surface area contributed by atoms with Crippen LogP contribution in [0.15, 0.2) is 28.9 Å². The molecular formula is C10H4BrClN2. The minimum Gasteiger partial charge on any atom is -0.239 e. The highest BCUT2D eigenvalue weighted by atomic mass is 79.9. The SMILES string of the molecule is N#Cc1c(Br)nc2ccccc2c1Cl. The average Bonchev–Trinajstić information content (AvgIpc) is 2.18. The van der Waals surface area contributed by atoms with Crippen LogP contribution in [0.5, 0.6) is 0 Å². The van der Waals surface area contributed by atoms with Crippen molar-refractivity contribution >= 4 is 38.4 Å². The number of halogens is 2. The van der Waals surface area contributed by atoms with E-state index in [1.165, 1.54) is 0 Å². The summed E-state index contributed by atoms with van der Waals surface area (Å²) >= 11 is 9.26. The maximum Gasteiger partial charge on any atom is 0.126 e. The summed E-state index contributed by atoms with van der Waals surface area (Å²) in [5.41, 5.74) is 1.16. The van der Waals surface area contributed by atoms with Crippen molar-refractivity contribution in [3.8, 4) is 6.07 Å². The number of aromatic nitrogens is 1. The predicted molar refractivity (Wildman–Crippen MR) is 59.2 cm³/mol. The van der Waals surface area contributed by atoms with Gasteiger partial charge in [0.05, 0.1) is 10.5 Å². The van der Waals surface area contributed by atoms with E-state index in [2.05, 4.69) is 20.9 Å². The summed E-state index contributed by atoms with van der Waals surface area (Å²) in [6, 6.07) is 9.46. The van der Waals surface area contributed by atoms with Crippen molar-refractivity contribution < 1.29 is 0 Å². The highest BCUT2D eigenvalue weighted by molar-refractivity contribution is 9.10. The number of benzene rings is 1. The monoisotopic (exact) mass is 266 g/mol. The van der Waals surface area contributed by atoms with E-state index in [4.69, 9.17) is 16.9 Å². The molecule has 0 bridgehead atoms. The summed E-state index contributed by atoms with van der Waals surface area (Å²) < 4.78 is 0.490. The molecule has 0 aliphatic heterocycles. The molecule has 0 aliphatic rings. The van der Waals surface area contributed by atoms with Crippen LogP contribution >= 0.6 is 27.5 Å². The molecule has 0 aliphatic carbocycles. The average molecular weight is 268 g/mol. The third-order valence-electron chi connectivity index (χ3n) is 1.90. The molecular weight excluding hydrogens is 263 g/mol. The van der Waals surface area contributed by atoms with E-state index in [1.807, 2.05) is 30.3 Å². The van der Waals surface area contributed by atoms with Crippen LogP contribution < -0.4 is 0 Å². The fourth-order valence-electron chi connectivity index (χ4n) is 1.24. The van der Waals surface area contributed by atoms with E-state index in [9.17, 15) is 0 Å². The molecule has 0 N–H and O–H groups in total. The second-order valence-electron chi connectivity index (χ2n) is 2.72. The number of hydrogen-bond acceptors (Lipinski definition) is 2. The molecule has 0 fully saturated rings. The summed E-state index contributed by atoms with van der Waals surface area (Å²) in [6.07, 6.45) is 0. The fraction of sp³-hybridized carbons (Fsp3) is 0. The Kier molecular flexibility index (Phi) is 2.40. The first-order valence-corrected chi connectivity index (χ1v) is 5.05. The number of nitrogens with zero attached hydrogens (tertiary/aromatic N) is 2. The number of rotatable bonds is 0. The lowest BCUT2D eigenvalue weighted by atomic mass is 10.2. The molecule has 2 rings (SSSR count). The van der Waals surface area contributed by atoms with Gasteiger partial charge in [-0.05, 0) is 22.0 Å². The molecule has 0 saturated carbocycles. The standard InChI is InChI=1S/C10H4BrClN2/c11-10-7(5-13)9(12)6-3-1-2-4-8(6)14-10/h1-4H. The smallest absolute Gasteiger partial charge is 0.126 e. The summed E-state index contributed by atoms with van der Waals surface area (Å²) in [5, 5.41) is 10.1. The van der Waals surface area contributed by atoms with Gasteiger partial charge in [-0.15, -0.1) is 0 Å². The number of para-hydroxylation sites is 1. The molecule has 4 heteroatoms. The van der Waals surface area contributed by atoms with E-state index in [0.29, 0.717) is 15.2 Å². The Hall–Kier alpha value is -1.11. The van der Waals surface area contributed by atoms with Crippen LogP contribution in [0.2, 0.25) is 5.02 Å². The van der Waals surface area contributed by atoms with Crippen LogP contribution in [-0.2, 0) is 0 Å². The number of hydrogen-bond donors (Lipinski definition) is 0. The zero-order valence-electron chi connectivity index (χ0n) is 6.96. The highest BCUT2D eigenvalue weighted by Gasteiger charge is 2.10. The van der Waals surface area contributed by atoms with Crippen molar-refractivity contribution in [2.24, 2.45) is 0 Å². The maximum absolute atomic E-state index is 8.85. The van der Waals surface area contributed by atoms with Crippen molar-refractivity contribution in [3.63, 3.8) is 0 Å². The van der Waals surface area contributed by atoms with Gasteiger partial charge in [-0.25, -0.2) is 4.98 Å². The van der Waals surface area contributed by atoms with Crippen molar-refractivity contribution in [1.29, 1.82) is 5.26 Å². The van der Waals surface area contributed by atoms with Gasteiger partial charge in [0.25, 0.3) is 0 Å². The van der Waals surface area contributed by atoms with E-state index in [1.54, 1.807) is 0 Å². The first-order chi connectivity index (χ1) is 6.74. The number of pyridine rings is 1. The Labute approximate surface area is 94.3 Å². The van der Waals surface area contributed by atoms with Crippen molar-refractivity contribution in [2.45, 2.75) is 0 Å². The van der Waals surface area contributed by atoms with Gasteiger partial charge in [0, 0.05) is 5.39 Å². The third kappa shape index (κ3) is 1.37. The predicted octanol–water partition coefficient (Wildman–Crippen LogP) is 3.52. The second kappa shape index (κ2) is 3.56. The van der Waals surface area contributed by atoms with E-state index in [-0.39, 0.29) is 0 Å². The van der Waals surface area contributed by atoms with E-state index < -0.39 is 0 Å². The quantitative estimate of drug-likeness (QED) is 0.685. The second-order valence-corrected chi connectivity index (χ2v) is 3.85. The molecule has 2 nitrogen and oxygen atoms in total. The summed E-state index contributed by atoms with van der Waals surface area (Å²) in [5.74, 6) is 0. The maximum atomic E-state index is 8.85. The highest BCUT2D eigenvalue weighted by Crippen LogP contribution is 2.29. The van der Waals surface area contributed by atoms with Gasteiger partial charge in [0.1, 0.15) is 16.2 Å². The van der Waals surface area contributed by atoms with Crippen molar-refractivity contribution in [3.05, 3.63) is 39.5 Å². The minimum absolute atomic E-state index is 0.380. The van der Waals surface area contributed by atoms with Crippen LogP contribution in [0.25, 0.3) is 10.9 Å². The molecule has 1 aromatic heterocycles. The van der Waals surface area contributed by atoms with Gasteiger partial charge in [0.2, 0.25) is 0 Å². The Balaban J connectivity index is 2.95. The largest absolute Gasteiger partial charge is 0.239 e. The lowest BCUT2D eigenvalue weighted by Crippen LogP contribution is -1.87. The first kappa shape index (κ1) is 9.45. The molecule has 2 aromatic rings. The molecule has 0 amide bonds. The van der Waals surface area contributed by atoms with Crippen LogP contribution in [0.4, 0.5) is 0 Å². The normalized spacial score (nSPS) is 10.1. The molecule has 14 heavy (non-hydrogen) atoms. The van der Waals surface area contributed by atoms with Gasteiger partial charge in [-0.2, -0.15) is 5.26 Å². The molecule has 1 aromatic carbocycles. The van der Waals surface area contributed by atoms with Gasteiger partial charge < -0.3 is 0 Å². The lowest BCUT2D eigenvalue weighted by Gasteiger charge is -2.02. The van der Waals surface area contributed by atoms with Crippen LogP contribution in [0.1, 0.15) is 5.56 Å². The Morgan fingerprint density at radius 1 is 1.36 bits per heavy atom. The summed E-state index contributed by atoms with van der Waals surface area (Å²) in [4.78, 5) is 4.22. The van der Waals surface area contributed by atoms with Crippen LogP contribution in [0.3, 0.4) is 0 Å². The van der Waals surface area contributed by atoms with Gasteiger partial charge in [0.15, 0.2) is 0 Å². The van der Waals surface area contributed by atoms with Gasteiger partial charge in [-0.3, -0.25) is 0 Å².